The highest BCUT2D eigenvalue weighted by Crippen LogP contribution is 2.31. The number of carboxylic acid groups (broad SMARTS) is 1. The van der Waals surface area contributed by atoms with Gasteiger partial charge in [0.2, 0.25) is 5.91 Å². The van der Waals surface area contributed by atoms with Gasteiger partial charge in [0.15, 0.2) is 0 Å². The predicted octanol–water partition coefficient (Wildman–Crippen LogP) is 1.69. The Morgan fingerprint density at radius 3 is 2.15 bits per heavy atom. The fraction of sp³-hybridized carbons (Fsp3) is 0.867. The van der Waals surface area contributed by atoms with Crippen LogP contribution in [0.5, 0.6) is 0 Å². The fourth-order valence-corrected chi connectivity index (χ4v) is 3.49. The van der Waals surface area contributed by atoms with E-state index in [0.717, 1.165) is 44.9 Å². The lowest BCUT2D eigenvalue weighted by atomic mass is 9.78. The maximum atomic E-state index is 12.4. The van der Waals surface area contributed by atoms with Gasteiger partial charge in [0.25, 0.3) is 0 Å². The number of nitrogens with one attached hydrogen (secondary N) is 1. The van der Waals surface area contributed by atoms with Crippen molar-refractivity contribution in [3.05, 3.63) is 0 Å². The van der Waals surface area contributed by atoms with E-state index in [1.165, 1.54) is 0 Å². The fourth-order valence-electron chi connectivity index (χ4n) is 3.49. The third-order valence-corrected chi connectivity index (χ3v) is 4.73. The summed E-state index contributed by atoms with van der Waals surface area (Å²) in [6.45, 7) is 0. The van der Waals surface area contributed by atoms with E-state index in [4.69, 9.17) is 0 Å². The summed E-state index contributed by atoms with van der Waals surface area (Å²) < 4.78 is 0. The predicted molar refractivity (Wildman–Crippen MR) is 74.1 cm³/mol. The van der Waals surface area contributed by atoms with Gasteiger partial charge < -0.3 is 15.5 Å². The van der Waals surface area contributed by atoms with Gasteiger partial charge in [0, 0.05) is 0 Å². The lowest BCUT2D eigenvalue weighted by Crippen LogP contribution is -2.48. The molecule has 114 valence electrons. The normalized spacial score (nSPS) is 35.0. The smallest absolute Gasteiger partial charge is 0.307 e. The number of hydrogen-bond donors (Lipinski definition) is 3. The number of carboxylic acids is 1. The number of aliphatic hydroxyl groups is 1. The van der Waals surface area contributed by atoms with E-state index in [9.17, 15) is 19.8 Å². The van der Waals surface area contributed by atoms with Crippen molar-refractivity contribution in [1.82, 2.24) is 5.32 Å². The maximum Gasteiger partial charge on any atom is 0.307 e. The summed E-state index contributed by atoms with van der Waals surface area (Å²) in [5, 5.41) is 22.2. The molecule has 2 unspecified atom stereocenters. The molecule has 1 amide bonds. The third-order valence-electron chi connectivity index (χ3n) is 4.73. The minimum absolute atomic E-state index is 0.178. The number of rotatable bonds is 3. The van der Waals surface area contributed by atoms with Gasteiger partial charge in [-0.05, 0) is 25.7 Å². The summed E-state index contributed by atoms with van der Waals surface area (Å²) in [5.41, 5.74) is 0. The zero-order valence-corrected chi connectivity index (χ0v) is 11.9. The lowest BCUT2D eigenvalue weighted by molar-refractivity contribution is -0.149. The molecule has 0 aliphatic heterocycles. The van der Waals surface area contributed by atoms with Gasteiger partial charge in [-0.2, -0.15) is 0 Å². The highest BCUT2D eigenvalue weighted by molar-refractivity contribution is 5.85. The Bertz CT molecular complexity index is 358. The average molecular weight is 283 g/mol. The summed E-state index contributed by atoms with van der Waals surface area (Å²) in [6.07, 6.45) is 7.13. The summed E-state index contributed by atoms with van der Waals surface area (Å²) >= 11 is 0. The lowest BCUT2D eigenvalue weighted by Gasteiger charge is -2.30. The van der Waals surface area contributed by atoms with Crippen LogP contribution in [0.2, 0.25) is 0 Å². The topological polar surface area (TPSA) is 86.6 Å². The SMILES string of the molecule is O=C(O)[C@H]1CCCC[C@H]1C(=O)NC1CCCCCC1O. The molecule has 2 rings (SSSR count). The van der Waals surface area contributed by atoms with Crippen LogP contribution in [-0.2, 0) is 9.59 Å². The Balaban J connectivity index is 1.96. The van der Waals surface area contributed by atoms with Gasteiger partial charge in [0.1, 0.15) is 0 Å². The van der Waals surface area contributed by atoms with Crippen LogP contribution in [-0.4, -0.2) is 34.2 Å². The van der Waals surface area contributed by atoms with Gasteiger partial charge >= 0.3 is 5.97 Å². The van der Waals surface area contributed by atoms with Crippen LogP contribution >= 0.6 is 0 Å². The molecule has 5 heteroatoms. The third kappa shape index (κ3) is 3.72. The summed E-state index contributed by atoms with van der Waals surface area (Å²) in [6, 6.07) is -0.207. The molecule has 5 nitrogen and oxygen atoms in total. The van der Waals surface area contributed by atoms with E-state index in [-0.39, 0.29) is 11.9 Å². The largest absolute Gasteiger partial charge is 0.481 e. The van der Waals surface area contributed by atoms with Crippen LogP contribution in [0, 0.1) is 11.8 Å². The molecule has 0 aromatic carbocycles. The summed E-state index contributed by atoms with van der Waals surface area (Å²) in [7, 11) is 0. The molecule has 2 fully saturated rings. The first-order valence-corrected chi connectivity index (χ1v) is 7.81. The number of aliphatic hydroxyl groups excluding tert-OH is 1. The van der Waals surface area contributed by atoms with Crippen LogP contribution in [0.3, 0.4) is 0 Å². The molecular formula is C15H25NO4. The molecule has 0 bridgehead atoms. The molecule has 20 heavy (non-hydrogen) atoms. The minimum atomic E-state index is -0.869. The molecule has 0 saturated heterocycles. The quantitative estimate of drug-likeness (QED) is 0.688. The molecular weight excluding hydrogens is 258 g/mol. The standard InChI is InChI=1S/C15H25NO4/c17-13-9-3-1-2-8-12(13)16-14(18)10-6-4-5-7-11(10)15(19)20/h10-13,17H,1-9H2,(H,16,18)(H,19,20)/t10-,11+,12?,13?/m1/s1. The number of amides is 1. The number of hydrogen-bond acceptors (Lipinski definition) is 3. The van der Waals surface area contributed by atoms with Crippen molar-refractivity contribution in [2.75, 3.05) is 0 Å². The van der Waals surface area contributed by atoms with E-state index in [1.807, 2.05) is 0 Å². The Labute approximate surface area is 119 Å². The second kappa shape index (κ2) is 7.07. The van der Waals surface area contributed by atoms with Crippen LogP contribution < -0.4 is 5.32 Å². The Morgan fingerprint density at radius 1 is 0.850 bits per heavy atom. The number of carbonyl (C=O) groups excluding carboxylic acids is 1. The maximum absolute atomic E-state index is 12.4. The molecule has 0 radical (unpaired) electrons. The van der Waals surface area contributed by atoms with Crippen LogP contribution in [0.1, 0.15) is 57.8 Å². The zero-order valence-electron chi connectivity index (χ0n) is 11.9. The van der Waals surface area contributed by atoms with Gasteiger partial charge in [-0.25, -0.2) is 0 Å². The van der Waals surface area contributed by atoms with Gasteiger partial charge in [-0.1, -0.05) is 32.1 Å². The van der Waals surface area contributed by atoms with Crippen molar-refractivity contribution in [1.29, 1.82) is 0 Å². The molecule has 2 saturated carbocycles. The monoisotopic (exact) mass is 283 g/mol. The Morgan fingerprint density at radius 2 is 1.45 bits per heavy atom. The van der Waals surface area contributed by atoms with E-state index in [2.05, 4.69) is 5.32 Å². The Kier molecular flexibility index (Phi) is 5.40. The molecule has 0 spiro atoms. The van der Waals surface area contributed by atoms with E-state index >= 15 is 0 Å². The van der Waals surface area contributed by atoms with Crippen molar-refractivity contribution >= 4 is 11.9 Å². The van der Waals surface area contributed by atoms with E-state index < -0.39 is 23.9 Å². The highest BCUT2D eigenvalue weighted by atomic mass is 16.4. The van der Waals surface area contributed by atoms with Crippen molar-refractivity contribution in [3.63, 3.8) is 0 Å². The second-order valence-electron chi connectivity index (χ2n) is 6.16. The molecule has 0 heterocycles. The zero-order chi connectivity index (χ0) is 14.5. The molecule has 3 N–H and O–H groups in total. The van der Waals surface area contributed by atoms with E-state index in [1.54, 1.807) is 0 Å². The number of aliphatic carboxylic acids is 1. The molecule has 2 aliphatic carbocycles. The molecule has 4 atom stereocenters. The van der Waals surface area contributed by atoms with Crippen molar-refractivity contribution in [3.8, 4) is 0 Å². The molecule has 2 aliphatic rings. The average Bonchev–Trinajstić information content (AvgIpc) is 2.64. The van der Waals surface area contributed by atoms with Gasteiger partial charge in [-0.15, -0.1) is 0 Å². The second-order valence-corrected chi connectivity index (χ2v) is 6.16. The highest BCUT2D eigenvalue weighted by Gasteiger charge is 2.37. The summed E-state index contributed by atoms with van der Waals surface area (Å²) in [4.78, 5) is 23.6. The first-order valence-electron chi connectivity index (χ1n) is 7.81. The van der Waals surface area contributed by atoms with Gasteiger partial charge in [0.05, 0.1) is 24.0 Å². The van der Waals surface area contributed by atoms with Gasteiger partial charge in [-0.3, -0.25) is 9.59 Å². The van der Waals surface area contributed by atoms with Crippen molar-refractivity contribution < 1.29 is 19.8 Å². The first kappa shape index (κ1) is 15.3. The Hall–Kier alpha value is -1.10. The van der Waals surface area contributed by atoms with Crippen LogP contribution in [0.15, 0.2) is 0 Å². The van der Waals surface area contributed by atoms with Crippen LogP contribution in [0.4, 0.5) is 0 Å². The molecule has 0 aromatic heterocycles. The van der Waals surface area contributed by atoms with Crippen LogP contribution in [0.25, 0.3) is 0 Å². The van der Waals surface area contributed by atoms with E-state index in [0.29, 0.717) is 12.8 Å². The minimum Gasteiger partial charge on any atom is -0.481 e. The molecule has 0 aromatic rings. The van der Waals surface area contributed by atoms with Crippen molar-refractivity contribution in [2.45, 2.75) is 69.9 Å². The summed E-state index contributed by atoms with van der Waals surface area (Å²) in [5.74, 6) is -2.04. The number of carbonyl (C=O) groups is 2. The van der Waals surface area contributed by atoms with Crippen molar-refractivity contribution in [2.24, 2.45) is 11.8 Å². The first-order chi connectivity index (χ1) is 9.59.